The summed E-state index contributed by atoms with van der Waals surface area (Å²) in [5, 5.41) is 8.65. The van der Waals surface area contributed by atoms with Crippen LogP contribution in [0, 0.1) is 11.8 Å². The van der Waals surface area contributed by atoms with E-state index in [2.05, 4.69) is 16.8 Å². The number of likely N-dealkylation sites (N-methyl/N-ethyl adjacent to an activating group) is 1. The average Bonchev–Trinajstić information content (AvgIpc) is 2.47. The van der Waals surface area contributed by atoms with E-state index in [-0.39, 0.29) is 25.0 Å². The molecule has 0 spiro atoms. The Hall–Kier alpha value is -2.39. The Kier molecular flexibility index (Phi) is 4.33. The van der Waals surface area contributed by atoms with Gasteiger partial charge in [0, 0.05) is 38.1 Å². The SMILES string of the molecule is CN1CCN(C(=O)c2cncc(C#CCO)c2)CC1=O. The highest BCUT2D eigenvalue weighted by Gasteiger charge is 2.25. The molecular formula is C14H15N3O3. The number of aromatic nitrogens is 1. The molecule has 0 unspecified atom stereocenters. The largest absolute Gasteiger partial charge is 0.384 e. The third-order valence-corrected chi connectivity index (χ3v) is 3.04. The van der Waals surface area contributed by atoms with Gasteiger partial charge in [0.2, 0.25) is 5.91 Å². The molecule has 1 N–H and O–H groups in total. The average molecular weight is 273 g/mol. The first-order chi connectivity index (χ1) is 9.61. The zero-order chi connectivity index (χ0) is 14.5. The van der Waals surface area contributed by atoms with E-state index >= 15 is 0 Å². The summed E-state index contributed by atoms with van der Waals surface area (Å²) in [7, 11) is 1.72. The molecule has 0 aliphatic carbocycles. The predicted octanol–water partition coefficient (Wildman–Crippen LogP) is -0.660. The van der Waals surface area contributed by atoms with Crippen LogP contribution in [0.4, 0.5) is 0 Å². The molecule has 1 aliphatic rings. The van der Waals surface area contributed by atoms with Crippen LogP contribution >= 0.6 is 0 Å². The van der Waals surface area contributed by atoms with Gasteiger partial charge in [0.05, 0.1) is 5.56 Å². The van der Waals surface area contributed by atoms with Crippen LogP contribution in [-0.2, 0) is 4.79 Å². The second kappa shape index (κ2) is 6.17. The van der Waals surface area contributed by atoms with Crippen molar-refractivity contribution in [1.82, 2.24) is 14.8 Å². The summed E-state index contributed by atoms with van der Waals surface area (Å²) in [5.41, 5.74) is 0.956. The Morgan fingerprint density at radius 1 is 1.45 bits per heavy atom. The highest BCUT2D eigenvalue weighted by atomic mass is 16.2. The fourth-order valence-corrected chi connectivity index (χ4v) is 1.88. The van der Waals surface area contributed by atoms with Crippen molar-refractivity contribution in [3.8, 4) is 11.8 Å². The Morgan fingerprint density at radius 3 is 2.95 bits per heavy atom. The lowest BCUT2D eigenvalue weighted by atomic mass is 10.1. The van der Waals surface area contributed by atoms with Crippen LogP contribution in [0.1, 0.15) is 15.9 Å². The van der Waals surface area contributed by atoms with Gasteiger partial charge in [-0.3, -0.25) is 14.6 Å². The third kappa shape index (κ3) is 3.13. The minimum absolute atomic E-state index is 0.0752. The molecule has 0 bridgehead atoms. The van der Waals surface area contributed by atoms with Gasteiger partial charge >= 0.3 is 0 Å². The summed E-state index contributed by atoms with van der Waals surface area (Å²) < 4.78 is 0. The van der Waals surface area contributed by atoms with Crippen molar-refractivity contribution in [1.29, 1.82) is 0 Å². The van der Waals surface area contributed by atoms with Crippen molar-refractivity contribution in [3.05, 3.63) is 29.6 Å². The van der Waals surface area contributed by atoms with Gasteiger partial charge in [0.15, 0.2) is 0 Å². The van der Waals surface area contributed by atoms with Crippen molar-refractivity contribution in [2.24, 2.45) is 0 Å². The maximum absolute atomic E-state index is 12.3. The Bertz CT molecular complexity index is 589. The van der Waals surface area contributed by atoms with Crippen LogP contribution in [-0.4, -0.2) is 65.0 Å². The van der Waals surface area contributed by atoms with E-state index in [1.54, 1.807) is 18.0 Å². The summed E-state index contributed by atoms with van der Waals surface area (Å²) in [4.78, 5) is 31.0. The number of carbonyl (C=O) groups excluding carboxylic acids is 2. The maximum atomic E-state index is 12.3. The van der Waals surface area contributed by atoms with Gasteiger partial charge < -0.3 is 14.9 Å². The zero-order valence-corrected chi connectivity index (χ0v) is 11.2. The van der Waals surface area contributed by atoms with Gasteiger partial charge in [-0.25, -0.2) is 0 Å². The van der Waals surface area contributed by atoms with Crippen LogP contribution < -0.4 is 0 Å². The lowest BCUT2D eigenvalue weighted by molar-refractivity contribution is -0.133. The number of nitrogens with zero attached hydrogens (tertiary/aromatic N) is 3. The Labute approximate surface area is 117 Å². The summed E-state index contributed by atoms with van der Waals surface area (Å²) >= 11 is 0. The zero-order valence-electron chi connectivity index (χ0n) is 11.2. The van der Waals surface area contributed by atoms with Crippen molar-refractivity contribution < 1.29 is 14.7 Å². The predicted molar refractivity (Wildman–Crippen MR) is 71.7 cm³/mol. The number of aliphatic hydroxyl groups excluding tert-OH is 1. The monoisotopic (exact) mass is 273 g/mol. The summed E-state index contributed by atoms with van der Waals surface area (Å²) in [6, 6.07) is 1.61. The lowest BCUT2D eigenvalue weighted by Crippen LogP contribution is -2.50. The molecule has 6 heteroatoms. The number of hydrogen-bond acceptors (Lipinski definition) is 4. The number of pyridine rings is 1. The molecule has 1 aromatic rings. The van der Waals surface area contributed by atoms with Gasteiger partial charge in [-0.1, -0.05) is 11.8 Å². The van der Waals surface area contributed by atoms with Crippen molar-refractivity contribution in [2.75, 3.05) is 33.3 Å². The number of aliphatic hydroxyl groups is 1. The molecule has 1 aliphatic heterocycles. The fourth-order valence-electron chi connectivity index (χ4n) is 1.88. The van der Waals surface area contributed by atoms with Crippen LogP contribution in [0.5, 0.6) is 0 Å². The van der Waals surface area contributed by atoms with Crippen molar-refractivity contribution in [3.63, 3.8) is 0 Å². The van der Waals surface area contributed by atoms with Crippen molar-refractivity contribution in [2.45, 2.75) is 0 Å². The smallest absolute Gasteiger partial charge is 0.255 e. The maximum Gasteiger partial charge on any atom is 0.255 e. The number of hydrogen-bond donors (Lipinski definition) is 1. The molecule has 0 radical (unpaired) electrons. The van der Waals surface area contributed by atoms with Crippen molar-refractivity contribution >= 4 is 11.8 Å². The van der Waals surface area contributed by atoms with E-state index in [0.717, 1.165) is 0 Å². The molecular weight excluding hydrogens is 258 g/mol. The minimum Gasteiger partial charge on any atom is -0.384 e. The summed E-state index contributed by atoms with van der Waals surface area (Å²) in [6.07, 6.45) is 2.98. The third-order valence-electron chi connectivity index (χ3n) is 3.04. The first-order valence-corrected chi connectivity index (χ1v) is 6.20. The topological polar surface area (TPSA) is 73.7 Å². The number of amides is 2. The highest BCUT2D eigenvalue weighted by molar-refractivity contribution is 5.97. The molecule has 1 fully saturated rings. The van der Waals surface area contributed by atoms with Crippen LogP contribution in [0.25, 0.3) is 0 Å². The van der Waals surface area contributed by atoms with Crippen LogP contribution in [0.3, 0.4) is 0 Å². The normalized spacial score (nSPS) is 14.8. The first kappa shape index (κ1) is 14.0. The molecule has 104 valence electrons. The van der Waals surface area contributed by atoms with E-state index in [1.165, 1.54) is 17.3 Å². The molecule has 2 heterocycles. The van der Waals surface area contributed by atoms with E-state index in [1.807, 2.05) is 0 Å². The molecule has 6 nitrogen and oxygen atoms in total. The van der Waals surface area contributed by atoms with Gasteiger partial charge in [-0.2, -0.15) is 0 Å². The summed E-state index contributed by atoms with van der Waals surface area (Å²) in [6.45, 7) is 0.878. The molecule has 1 aromatic heterocycles. The van der Waals surface area contributed by atoms with E-state index < -0.39 is 0 Å². The number of rotatable bonds is 1. The quantitative estimate of drug-likeness (QED) is 0.689. The van der Waals surface area contributed by atoms with E-state index in [0.29, 0.717) is 24.2 Å². The van der Waals surface area contributed by atoms with Gasteiger partial charge in [-0.15, -0.1) is 0 Å². The van der Waals surface area contributed by atoms with Gasteiger partial charge in [0.25, 0.3) is 5.91 Å². The minimum atomic E-state index is -0.245. The highest BCUT2D eigenvalue weighted by Crippen LogP contribution is 2.09. The van der Waals surface area contributed by atoms with E-state index in [4.69, 9.17) is 5.11 Å². The van der Waals surface area contributed by atoms with Crippen LogP contribution in [0.15, 0.2) is 18.5 Å². The Balaban J connectivity index is 2.15. The van der Waals surface area contributed by atoms with Gasteiger partial charge in [-0.05, 0) is 6.07 Å². The number of carbonyl (C=O) groups is 2. The fraction of sp³-hybridized carbons (Fsp3) is 0.357. The lowest BCUT2D eigenvalue weighted by Gasteiger charge is -2.31. The number of piperazine rings is 1. The molecule has 0 aromatic carbocycles. The molecule has 2 rings (SSSR count). The second-order valence-corrected chi connectivity index (χ2v) is 4.46. The standard InChI is InChI=1S/C14H15N3O3/c1-16-4-5-17(10-13(16)19)14(20)12-7-11(3-2-6-18)8-15-9-12/h7-9,18H,4-6,10H2,1H3. The molecule has 20 heavy (non-hydrogen) atoms. The molecule has 2 amide bonds. The molecule has 1 saturated heterocycles. The second-order valence-electron chi connectivity index (χ2n) is 4.46. The summed E-state index contributed by atoms with van der Waals surface area (Å²) in [5.74, 6) is 4.90. The first-order valence-electron chi connectivity index (χ1n) is 6.20. The van der Waals surface area contributed by atoms with Gasteiger partial charge in [0.1, 0.15) is 13.2 Å². The van der Waals surface area contributed by atoms with Crippen LogP contribution in [0.2, 0.25) is 0 Å². The Morgan fingerprint density at radius 2 is 2.25 bits per heavy atom. The molecule has 0 saturated carbocycles. The molecule has 0 atom stereocenters. The van der Waals surface area contributed by atoms with E-state index in [9.17, 15) is 9.59 Å².